The van der Waals surface area contributed by atoms with Crippen LogP contribution >= 0.6 is 11.8 Å². The number of amides is 1. The monoisotopic (exact) mass is 347 g/mol. The molecule has 130 valence electrons. The first-order valence-corrected chi connectivity index (χ1v) is 9.51. The summed E-state index contributed by atoms with van der Waals surface area (Å²) in [5.74, 6) is 0.416. The third-order valence-electron chi connectivity index (χ3n) is 3.81. The second kappa shape index (κ2) is 8.87. The fourth-order valence-electron chi connectivity index (χ4n) is 2.66. The van der Waals surface area contributed by atoms with Crippen molar-refractivity contribution < 1.29 is 4.79 Å². The van der Waals surface area contributed by atoms with Gasteiger partial charge in [-0.05, 0) is 31.9 Å². The molecule has 1 heterocycles. The van der Waals surface area contributed by atoms with Gasteiger partial charge in [-0.3, -0.25) is 14.2 Å². The maximum absolute atomic E-state index is 12.6. The Labute approximate surface area is 147 Å². The largest absolute Gasteiger partial charge is 0.342 e. The maximum atomic E-state index is 12.6. The van der Waals surface area contributed by atoms with E-state index in [0.717, 1.165) is 25.9 Å². The highest BCUT2D eigenvalue weighted by molar-refractivity contribution is 7.99. The molecule has 1 aromatic heterocycles. The van der Waals surface area contributed by atoms with Crippen molar-refractivity contribution in [3.05, 3.63) is 34.6 Å². The summed E-state index contributed by atoms with van der Waals surface area (Å²) in [6.07, 6.45) is 1.90. The van der Waals surface area contributed by atoms with Crippen LogP contribution < -0.4 is 5.56 Å². The number of thioether (sulfide) groups is 1. The number of hydrogen-bond acceptors (Lipinski definition) is 4. The van der Waals surface area contributed by atoms with Crippen LogP contribution in [0.5, 0.6) is 0 Å². The lowest BCUT2D eigenvalue weighted by atomic mass is 10.2. The summed E-state index contributed by atoms with van der Waals surface area (Å²) in [6, 6.07) is 7.34. The number of nitrogens with zero attached hydrogens (tertiary/aromatic N) is 3. The predicted molar refractivity (Wildman–Crippen MR) is 99.6 cm³/mol. The van der Waals surface area contributed by atoms with Crippen LogP contribution in [0.2, 0.25) is 0 Å². The van der Waals surface area contributed by atoms with Crippen LogP contribution in [-0.2, 0) is 11.3 Å². The van der Waals surface area contributed by atoms with Crippen LogP contribution in [0.1, 0.15) is 33.6 Å². The van der Waals surface area contributed by atoms with E-state index in [-0.39, 0.29) is 11.5 Å². The molecule has 24 heavy (non-hydrogen) atoms. The van der Waals surface area contributed by atoms with E-state index >= 15 is 0 Å². The van der Waals surface area contributed by atoms with Crippen molar-refractivity contribution in [2.75, 3.05) is 18.8 Å². The second-order valence-corrected chi connectivity index (χ2v) is 6.57. The summed E-state index contributed by atoms with van der Waals surface area (Å²) < 4.78 is 1.64. The number of para-hydroxylation sites is 1. The number of fused-ring (bicyclic) bond motifs is 1. The van der Waals surface area contributed by atoms with Gasteiger partial charge in [-0.2, -0.15) is 0 Å². The molecule has 0 aliphatic heterocycles. The molecule has 0 atom stereocenters. The average Bonchev–Trinajstić information content (AvgIpc) is 2.59. The highest BCUT2D eigenvalue weighted by Crippen LogP contribution is 2.18. The highest BCUT2D eigenvalue weighted by atomic mass is 32.2. The van der Waals surface area contributed by atoms with Gasteiger partial charge < -0.3 is 4.90 Å². The predicted octanol–water partition coefficient (Wildman–Crippen LogP) is 3.16. The van der Waals surface area contributed by atoms with Crippen LogP contribution in [0.4, 0.5) is 0 Å². The number of carbonyl (C=O) groups excluding carboxylic acids is 1. The van der Waals surface area contributed by atoms with Crippen molar-refractivity contribution in [1.82, 2.24) is 14.5 Å². The number of aromatic nitrogens is 2. The summed E-state index contributed by atoms with van der Waals surface area (Å²) >= 11 is 1.35. The molecule has 0 fully saturated rings. The van der Waals surface area contributed by atoms with Gasteiger partial charge in [-0.15, -0.1) is 0 Å². The zero-order chi connectivity index (χ0) is 17.5. The molecule has 2 aromatic rings. The number of benzene rings is 1. The van der Waals surface area contributed by atoms with E-state index in [1.807, 2.05) is 30.0 Å². The Bertz CT molecular complexity index is 752. The molecule has 1 amide bonds. The lowest BCUT2D eigenvalue weighted by Gasteiger charge is -2.21. The zero-order valence-electron chi connectivity index (χ0n) is 14.6. The summed E-state index contributed by atoms with van der Waals surface area (Å²) in [7, 11) is 0. The Morgan fingerprint density at radius 2 is 1.83 bits per heavy atom. The molecule has 0 saturated heterocycles. The van der Waals surface area contributed by atoms with Crippen molar-refractivity contribution in [3.8, 4) is 0 Å². The van der Waals surface area contributed by atoms with Crippen molar-refractivity contribution in [2.45, 2.75) is 45.3 Å². The van der Waals surface area contributed by atoms with E-state index in [1.165, 1.54) is 11.8 Å². The number of carbonyl (C=O) groups is 1. The van der Waals surface area contributed by atoms with Crippen LogP contribution in [0.15, 0.2) is 34.2 Å². The Hall–Kier alpha value is -1.82. The van der Waals surface area contributed by atoms with Crippen LogP contribution in [0.3, 0.4) is 0 Å². The fourth-order valence-corrected chi connectivity index (χ4v) is 3.62. The normalized spacial score (nSPS) is 11.0. The van der Waals surface area contributed by atoms with Gasteiger partial charge >= 0.3 is 0 Å². The third-order valence-corrected chi connectivity index (χ3v) is 4.77. The minimum atomic E-state index is -0.0444. The van der Waals surface area contributed by atoms with Gasteiger partial charge in [-0.25, -0.2) is 4.98 Å². The van der Waals surface area contributed by atoms with E-state index < -0.39 is 0 Å². The van der Waals surface area contributed by atoms with Crippen LogP contribution in [-0.4, -0.2) is 39.2 Å². The summed E-state index contributed by atoms with van der Waals surface area (Å²) in [6.45, 7) is 8.16. The summed E-state index contributed by atoms with van der Waals surface area (Å²) in [5.41, 5.74) is 0.637. The quantitative estimate of drug-likeness (QED) is 0.544. The topological polar surface area (TPSA) is 55.2 Å². The Morgan fingerprint density at radius 1 is 1.17 bits per heavy atom. The van der Waals surface area contributed by atoms with Gasteiger partial charge in [0.1, 0.15) is 0 Å². The molecule has 0 saturated carbocycles. The minimum absolute atomic E-state index is 0.0444. The molecule has 0 aliphatic carbocycles. The van der Waals surface area contributed by atoms with E-state index in [1.54, 1.807) is 10.6 Å². The van der Waals surface area contributed by atoms with Gasteiger partial charge in [0, 0.05) is 19.6 Å². The first-order chi connectivity index (χ1) is 11.6. The summed E-state index contributed by atoms with van der Waals surface area (Å²) in [4.78, 5) is 31.5. The Morgan fingerprint density at radius 3 is 2.46 bits per heavy atom. The van der Waals surface area contributed by atoms with E-state index in [9.17, 15) is 9.59 Å². The van der Waals surface area contributed by atoms with E-state index in [4.69, 9.17) is 0 Å². The third kappa shape index (κ3) is 4.17. The smallest absolute Gasteiger partial charge is 0.262 e. The average molecular weight is 347 g/mol. The lowest BCUT2D eigenvalue weighted by Crippen LogP contribution is -2.34. The molecule has 0 unspecified atom stereocenters. The lowest BCUT2D eigenvalue weighted by molar-refractivity contribution is -0.128. The first kappa shape index (κ1) is 18.5. The van der Waals surface area contributed by atoms with Crippen molar-refractivity contribution >= 4 is 28.6 Å². The first-order valence-electron chi connectivity index (χ1n) is 8.52. The van der Waals surface area contributed by atoms with Crippen LogP contribution in [0.25, 0.3) is 10.9 Å². The molecule has 0 bridgehead atoms. The second-order valence-electron chi connectivity index (χ2n) is 5.63. The number of hydrogen-bond donors (Lipinski definition) is 0. The Kier molecular flexibility index (Phi) is 6.85. The fraction of sp³-hybridized carbons (Fsp3) is 0.500. The molecule has 1 aromatic carbocycles. The zero-order valence-corrected chi connectivity index (χ0v) is 15.4. The highest BCUT2D eigenvalue weighted by Gasteiger charge is 2.15. The molecule has 0 aliphatic rings. The van der Waals surface area contributed by atoms with Gasteiger partial charge in [0.25, 0.3) is 5.56 Å². The molecule has 0 radical (unpaired) electrons. The standard InChI is InChI=1S/C18H25N3O2S/c1-4-11-20(12-5-2)16(22)13-24-18-19-15-10-8-7-9-14(15)17(23)21(18)6-3/h7-10H,4-6,11-13H2,1-3H3. The minimum Gasteiger partial charge on any atom is -0.342 e. The molecular weight excluding hydrogens is 322 g/mol. The molecule has 2 rings (SSSR count). The molecule has 0 spiro atoms. The SMILES string of the molecule is CCCN(CCC)C(=O)CSc1nc2ccccc2c(=O)n1CC. The maximum Gasteiger partial charge on any atom is 0.262 e. The number of rotatable bonds is 8. The van der Waals surface area contributed by atoms with Crippen molar-refractivity contribution in [3.63, 3.8) is 0 Å². The van der Waals surface area contributed by atoms with E-state index in [0.29, 0.717) is 28.4 Å². The van der Waals surface area contributed by atoms with Gasteiger partial charge in [0.2, 0.25) is 5.91 Å². The van der Waals surface area contributed by atoms with Crippen molar-refractivity contribution in [1.29, 1.82) is 0 Å². The van der Waals surface area contributed by atoms with Gasteiger partial charge in [0.05, 0.1) is 16.7 Å². The molecular formula is C18H25N3O2S. The van der Waals surface area contributed by atoms with Crippen LogP contribution in [0, 0.1) is 0 Å². The molecule has 5 nitrogen and oxygen atoms in total. The summed E-state index contributed by atoms with van der Waals surface area (Å²) in [5, 5.41) is 1.23. The van der Waals surface area contributed by atoms with Gasteiger partial charge in [-0.1, -0.05) is 37.7 Å². The van der Waals surface area contributed by atoms with Gasteiger partial charge in [0.15, 0.2) is 5.16 Å². The molecule has 0 N–H and O–H groups in total. The Balaban J connectivity index is 2.23. The molecule has 6 heteroatoms. The van der Waals surface area contributed by atoms with Crippen molar-refractivity contribution in [2.24, 2.45) is 0 Å². The van der Waals surface area contributed by atoms with E-state index in [2.05, 4.69) is 18.8 Å².